The normalized spacial score (nSPS) is 11.0. The molecule has 1 aromatic heterocycles. The Morgan fingerprint density at radius 2 is 1.29 bits per heavy atom. The Morgan fingerprint density at radius 1 is 0.708 bits per heavy atom. The molecule has 0 bridgehead atoms. The first kappa shape index (κ1) is 14.4. The molecule has 24 heavy (non-hydrogen) atoms. The molecule has 0 atom stereocenters. The quantitative estimate of drug-likeness (QED) is 0.513. The van der Waals surface area contributed by atoms with E-state index in [1.165, 1.54) is 5.56 Å². The monoisotopic (exact) mass is 313 g/mol. The minimum atomic E-state index is 0.651. The molecular weight excluding hydrogens is 298 g/mol. The maximum absolute atomic E-state index is 11.2. The third kappa shape index (κ3) is 2.14. The number of aryl methyl sites for hydroxylation is 1. The highest BCUT2D eigenvalue weighted by Gasteiger charge is 2.12. The molecule has 0 radical (unpaired) electrons. The summed E-state index contributed by atoms with van der Waals surface area (Å²) in [5.41, 5.74) is 5.60. The lowest BCUT2D eigenvalue weighted by Gasteiger charge is -2.08. The molecule has 0 aliphatic heterocycles. The number of carbonyl (C=O) groups excluding carboxylic acids is 2. The van der Waals surface area contributed by atoms with Crippen molar-refractivity contribution >= 4 is 34.4 Å². The van der Waals surface area contributed by atoms with E-state index in [1.54, 1.807) is 0 Å². The van der Waals surface area contributed by atoms with Crippen molar-refractivity contribution in [1.29, 1.82) is 0 Å². The second-order valence-electron chi connectivity index (χ2n) is 5.96. The molecule has 116 valence electrons. The van der Waals surface area contributed by atoms with Crippen LogP contribution >= 0.6 is 0 Å². The standard InChI is InChI=1S/C21H15NO2/c1-14-2-8-20-18(10-14)19-11-16(13-24)5-9-21(19)22(20)17-6-3-15(12-23)4-7-17/h2-13H,1H3. The van der Waals surface area contributed by atoms with Crippen molar-refractivity contribution in [1.82, 2.24) is 4.57 Å². The van der Waals surface area contributed by atoms with Crippen molar-refractivity contribution < 1.29 is 9.59 Å². The maximum atomic E-state index is 11.2. The first-order chi connectivity index (χ1) is 11.7. The van der Waals surface area contributed by atoms with Crippen molar-refractivity contribution in [3.05, 3.63) is 77.4 Å². The molecule has 0 N–H and O–H groups in total. The van der Waals surface area contributed by atoms with Crippen molar-refractivity contribution in [3.8, 4) is 5.69 Å². The fourth-order valence-corrected chi connectivity index (χ4v) is 3.21. The lowest BCUT2D eigenvalue weighted by molar-refractivity contribution is 0.111. The SMILES string of the molecule is Cc1ccc2c(c1)c1cc(C=O)ccc1n2-c1ccc(C=O)cc1. The summed E-state index contributed by atoms with van der Waals surface area (Å²) >= 11 is 0. The highest BCUT2D eigenvalue weighted by molar-refractivity contribution is 6.10. The van der Waals surface area contributed by atoms with Crippen LogP contribution in [0.3, 0.4) is 0 Å². The maximum Gasteiger partial charge on any atom is 0.150 e. The molecule has 3 heteroatoms. The Hall–Kier alpha value is -3.20. The van der Waals surface area contributed by atoms with E-state index in [4.69, 9.17) is 0 Å². The van der Waals surface area contributed by atoms with E-state index in [0.717, 1.165) is 40.1 Å². The van der Waals surface area contributed by atoms with Crippen LogP contribution in [0.5, 0.6) is 0 Å². The summed E-state index contributed by atoms with van der Waals surface area (Å²) in [6, 6.07) is 19.6. The van der Waals surface area contributed by atoms with Gasteiger partial charge in [0, 0.05) is 27.6 Å². The Kier molecular flexibility index (Phi) is 3.28. The summed E-state index contributed by atoms with van der Waals surface area (Å²) in [6.07, 6.45) is 1.71. The molecule has 0 saturated heterocycles. The van der Waals surface area contributed by atoms with Gasteiger partial charge >= 0.3 is 0 Å². The molecule has 0 fully saturated rings. The van der Waals surface area contributed by atoms with Gasteiger partial charge < -0.3 is 4.57 Å². The molecule has 4 rings (SSSR count). The van der Waals surface area contributed by atoms with E-state index in [-0.39, 0.29) is 0 Å². The number of carbonyl (C=O) groups is 2. The molecule has 0 aliphatic carbocycles. The van der Waals surface area contributed by atoms with Crippen molar-refractivity contribution in [3.63, 3.8) is 0 Å². The average Bonchev–Trinajstić information content (AvgIpc) is 2.94. The molecular formula is C21H15NO2. The molecule has 0 spiro atoms. The van der Waals surface area contributed by atoms with Crippen molar-refractivity contribution in [2.45, 2.75) is 6.92 Å². The van der Waals surface area contributed by atoms with Gasteiger partial charge in [-0.25, -0.2) is 0 Å². The molecule has 0 saturated carbocycles. The van der Waals surface area contributed by atoms with E-state index in [2.05, 4.69) is 29.7 Å². The van der Waals surface area contributed by atoms with E-state index in [9.17, 15) is 9.59 Å². The Balaban J connectivity index is 2.11. The summed E-state index contributed by atoms with van der Waals surface area (Å²) in [6.45, 7) is 2.06. The lowest BCUT2D eigenvalue weighted by atomic mass is 10.1. The first-order valence-corrected chi connectivity index (χ1v) is 7.77. The minimum absolute atomic E-state index is 0.651. The third-order valence-electron chi connectivity index (χ3n) is 4.37. The van der Waals surface area contributed by atoms with E-state index in [1.807, 2.05) is 42.5 Å². The fourth-order valence-electron chi connectivity index (χ4n) is 3.21. The van der Waals surface area contributed by atoms with Crippen LogP contribution < -0.4 is 0 Å². The van der Waals surface area contributed by atoms with Gasteiger partial charge in [-0.15, -0.1) is 0 Å². The number of hydrogen-bond acceptors (Lipinski definition) is 2. The number of benzene rings is 3. The van der Waals surface area contributed by atoms with Gasteiger partial charge in [-0.1, -0.05) is 11.6 Å². The second-order valence-corrected chi connectivity index (χ2v) is 5.96. The number of fused-ring (bicyclic) bond motifs is 3. The number of aldehydes is 2. The molecule has 0 aliphatic rings. The largest absolute Gasteiger partial charge is 0.309 e. The highest BCUT2D eigenvalue weighted by atomic mass is 16.1. The molecule has 0 unspecified atom stereocenters. The molecule has 3 nitrogen and oxygen atoms in total. The van der Waals surface area contributed by atoms with E-state index >= 15 is 0 Å². The second kappa shape index (κ2) is 5.46. The lowest BCUT2D eigenvalue weighted by Crippen LogP contribution is -1.94. The summed E-state index contributed by atoms with van der Waals surface area (Å²) in [5.74, 6) is 0. The third-order valence-corrected chi connectivity index (χ3v) is 4.37. The van der Waals surface area contributed by atoms with E-state index < -0.39 is 0 Å². The first-order valence-electron chi connectivity index (χ1n) is 7.77. The Bertz CT molecular complexity index is 1090. The van der Waals surface area contributed by atoms with Crippen LogP contribution in [0.15, 0.2) is 60.7 Å². The number of nitrogens with zero attached hydrogens (tertiary/aromatic N) is 1. The van der Waals surface area contributed by atoms with E-state index in [0.29, 0.717) is 11.1 Å². The average molecular weight is 313 g/mol. The van der Waals surface area contributed by atoms with Crippen LogP contribution in [0.25, 0.3) is 27.5 Å². The summed E-state index contributed by atoms with van der Waals surface area (Å²) in [5, 5.41) is 2.17. The Morgan fingerprint density at radius 3 is 1.96 bits per heavy atom. The van der Waals surface area contributed by atoms with Gasteiger partial charge in [0.2, 0.25) is 0 Å². The predicted octanol–water partition coefficient (Wildman–Crippen LogP) is 4.72. The molecule has 3 aromatic carbocycles. The summed E-state index contributed by atoms with van der Waals surface area (Å²) in [7, 11) is 0. The van der Waals surface area contributed by atoms with Gasteiger partial charge in [0.05, 0.1) is 11.0 Å². The van der Waals surface area contributed by atoms with Crippen LogP contribution in [0.2, 0.25) is 0 Å². The van der Waals surface area contributed by atoms with Gasteiger partial charge in [0.1, 0.15) is 12.6 Å². The number of hydrogen-bond donors (Lipinski definition) is 0. The van der Waals surface area contributed by atoms with Crippen LogP contribution in [0.1, 0.15) is 26.3 Å². The van der Waals surface area contributed by atoms with Gasteiger partial charge in [-0.2, -0.15) is 0 Å². The summed E-state index contributed by atoms with van der Waals surface area (Å²) in [4.78, 5) is 22.1. The summed E-state index contributed by atoms with van der Waals surface area (Å²) < 4.78 is 2.16. The fraction of sp³-hybridized carbons (Fsp3) is 0.0476. The molecule has 1 heterocycles. The van der Waals surface area contributed by atoms with Crippen molar-refractivity contribution in [2.24, 2.45) is 0 Å². The van der Waals surface area contributed by atoms with Gasteiger partial charge in [-0.05, 0) is 61.5 Å². The molecule has 4 aromatic rings. The smallest absolute Gasteiger partial charge is 0.150 e. The van der Waals surface area contributed by atoms with Crippen LogP contribution in [0.4, 0.5) is 0 Å². The minimum Gasteiger partial charge on any atom is -0.309 e. The highest BCUT2D eigenvalue weighted by Crippen LogP contribution is 2.33. The Labute approximate surface area is 139 Å². The zero-order valence-electron chi connectivity index (χ0n) is 13.2. The van der Waals surface area contributed by atoms with Crippen LogP contribution in [-0.2, 0) is 0 Å². The zero-order chi connectivity index (χ0) is 16.7. The van der Waals surface area contributed by atoms with Gasteiger partial charge in [0.15, 0.2) is 0 Å². The zero-order valence-corrected chi connectivity index (χ0v) is 13.2. The number of rotatable bonds is 3. The van der Waals surface area contributed by atoms with Gasteiger partial charge in [-0.3, -0.25) is 9.59 Å². The number of aromatic nitrogens is 1. The predicted molar refractivity (Wildman–Crippen MR) is 96.3 cm³/mol. The van der Waals surface area contributed by atoms with Gasteiger partial charge in [0.25, 0.3) is 0 Å². The van der Waals surface area contributed by atoms with Crippen molar-refractivity contribution in [2.75, 3.05) is 0 Å². The topological polar surface area (TPSA) is 39.1 Å². The van der Waals surface area contributed by atoms with Crippen LogP contribution in [-0.4, -0.2) is 17.1 Å². The van der Waals surface area contributed by atoms with Crippen LogP contribution in [0, 0.1) is 6.92 Å². The molecule has 0 amide bonds.